The average molecular weight is 311 g/mol. The molecule has 1 saturated heterocycles. The van der Waals surface area contributed by atoms with Gasteiger partial charge < -0.3 is 15.8 Å². The fraction of sp³-hybridized carbons (Fsp3) is 0.562. The van der Waals surface area contributed by atoms with E-state index in [1.165, 1.54) is 5.56 Å². The normalized spacial score (nSPS) is 22.0. The Labute approximate surface area is 131 Å². The number of benzene rings is 1. The zero-order valence-electron chi connectivity index (χ0n) is 12.1. The molecule has 2 aliphatic rings. The van der Waals surface area contributed by atoms with Crippen molar-refractivity contribution in [1.29, 1.82) is 0 Å². The Morgan fingerprint density at radius 1 is 1.14 bits per heavy atom. The molecule has 1 aliphatic heterocycles. The molecule has 0 bridgehead atoms. The fourth-order valence-corrected chi connectivity index (χ4v) is 2.91. The lowest BCUT2D eigenvalue weighted by Gasteiger charge is -2.38. The minimum atomic E-state index is -0.594. The van der Waals surface area contributed by atoms with Crippen LogP contribution in [-0.4, -0.2) is 31.2 Å². The van der Waals surface area contributed by atoms with E-state index in [0.717, 1.165) is 38.9 Å². The summed E-state index contributed by atoms with van der Waals surface area (Å²) in [4.78, 5) is 12.1. The van der Waals surface area contributed by atoms with Crippen LogP contribution in [0.5, 0.6) is 0 Å². The van der Waals surface area contributed by atoms with Crippen LogP contribution in [-0.2, 0) is 14.9 Å². The summed E-state index contributed by atoms with van der Waals surface area (Å²) in [7, 11) is 0. The van der Waals surface area contributed by atoms with E-state index in [0.29, 0.717) is 6.54 Å². The van der Waals surface area contributed by atoms with Crippen molar-refractivity contribution in [2.45, 2.75) is 36.6 Å². The molecule has 21 heavy (non-hydrogen) atoms. The summed E-state index contributed by atoms with van der Waals surface area (Å²) in [6.45, 7) is 2.15. The number of nitrogens with one attached hydrogen (secondary N) is 1. The van der Waals surface area contributed by atoms with Gasteiger partial charge in [0.15, 0.2) is 0 Å². The van der Waals surface area contributed by atoms with E-state index in [9.17, 15) is 4.79 Å². The molecule has 4 nitrogen and oxygen atoms in total. The number of rotatable bonds is 4. The number of carbonyl (C=O) groups is 1. The van der Waals surface area contributed by atoms with Crippen molar-refractivity contribution in [2.24, 2.45) is 5.73 Å². The lowest BCUT2D eigenvalue weighted by atomic mass is 9.74. The van der Waals surface area contributed by atoms with Gasteiger partial charge in [-0.15, -0.1) is 12.4 Å². The maximum atomic E-state index is 12.1. The monoisotopic (exact) mass is 310 g/mol. The molecule has 0 spiro atoms. The third-order valence-electron chi connectivity index (χ3n) is 4.66. The Kier molecular flexibility index (Phi) is 4.91. The van der Waals surface area contributed by atoms with E-state index < -0.39 is 5.54 Å². The van der Waals surface area contributed by atoms with Crippen LogP contribution >= 0.6 is 12.4 Å². The molecule has 0 unspecified atom stereocenters. The largest absolute Gasteiger partial charge is 0.381 e. The molecule has 0 atom stereocenters. The third kappa shape index (κ3) is 3.39. The van der Waals surface area contributed by atoms with Crippen LogP contribution in [0.4, 0.5) is 0 Å². The van der Waals surface area contributed by atoms with Crippen LogP contribution in [0.1, 0.15) is 31.2 Å². The van der Waals surface area contributed by atoms with Crippen molar-refractivity contribution in [1.82, 2.24) is 5.32 Å². The molecule has 1 saturated carbocycles. The van der Waals surface area contributed by atoms with Crippen LogP contribution in [0.25, 0.3) is 0 Å². The van der Waals surface area contributed by atoms with Gasteiger partial charge in [-0.05, 0) is 31.2 Å². The van der Waals surface area contributed by atoms with Crippen molar-refractivity contribution in [3.05, 3.63) is 35.9 Å². The van der Waals surface area contributed by atoms with Gasteiger partial charge in [-0.25, -0.2) is 0 Å². The summed E-state index contributed by atoms with van der Waals surface area (Å²) in [5.74, 6) is -0.000650. The average Bonchev–Trinajstić information content (AvgIpc) is 3.26. The zero-order valence-corrected chi connectivity index (χ0v) is 13.0. The topological polar surface area (TPSA) is 64.4 Å². The SMILES string of the molecule is Cl.NC1(C(=O)NCC2(c3ccccc3)CCOCC2)CC1. The Balaban J connectivity index is 0.00000161. The first-order valence-electron chi connectivity index (χ1n) is 7.35. The molecular formula is C16H23ClN2O2. The molecule has 1 amide bonds. The maximum Gasteiger partial charge on any atom is 0.240 e. The van der Waals surface area contributed by atoms with E-state index >= 15 is 0 Å². The predicted octanol–water partition coefficient (Wildman–Crippen LogP) is 1.76. The molecule has 1 aliphatic carbocycles. The molecular weight excluding hydrogens is 288 g/mol. The van der Waals surface area contributed by atoms with Crippen molar-refractivity contribution < 1.29 is 9.53 Å². The van der Waals surface area contributed by atoms with E-state index in [4.69, 9.17) is 10.5 Å². The molecule has 1 heterocycles. The molecule has 1 aromatic carbocycles. The van der Waals surface area contributed by atoms with E-state index in [1.54, 1.807) is 0 Å². The van der Waals surface area contributed by atoms with Gasteiger partial charge in [-0.1, -0.05) is 30.3 Å². The van der Waals surface area contributed by atoms with Gasteiger partial charge in [-0.3, -0.25) is 4.79 Å². The zero-order chi connectivity index (χ0) is 14.1. The first-order chi connectivity index (χ1) is 9.65. The first kappa shape index (κ1) is 16.3. The lowest BCUT2D eigenvalue weighted by Crippen LogP contribution is -2.50. The highest BCUT2D eigenvalue weighted by atomic mass is 35.5. The number of ether oxygens (including phenoxy) is 1. The van der Waals surface area contributed by atoms with E-state index in [-0.39, 0.29) is 23.7 Å². The predicted molar refractivity (Wildman–Crippen MR) is 84.6 cm³/mol. The van der Waals surface area contributed by atoms with Gasteiger partial charge in [0.2, 0.25) is 5.91 Å². The van der Waals surface area contributed by atoms with Crippen molar-refractivity contribution in [3.63, 3.8) is 0 Å². The first-order valence-corrected chi connectivity index (χ1v) is 7.35. The Bertz CT molecular complexity index is 482. The van der Waals surface area contributed by atoms with Gasteiger partial charge in [0.25, 0.3) is 0 Å². The number of nitrogens with two attached hydrogens (primary N) is 1. The second-order valence-corrected chi connectivity index (χ2v) is 6.10. The second-order valence-electron chi connectivity index (χ2n) is 6.10. The fourth-order valence-electron chi connectivity index (χ4n) is 2.91. The Morgan fingerprint density at radius 3 is 2.33 bits per heavy atom. The van der Waals surface area contributed by atoms with Crippen LogP contribution < -0.4 is 11.1 Å². The molecule has 116 valence electrons. The van der Waals surface area contributed by atoms with Gasteiger partial charge in [0.1, 0.15) is 0 Å². The van der Waals surface area contributed by atoms with Crippen LogP contribution in [0.15, 0.2) is 30.3 Å². The Morgan fingerprint density at radius 2 is 1.76 bits per heavy atom. The molecule has 2 fully saturated rings. The molecule has 3 N–H and O–H groups in total. The van der Waals surface area contributed by atoms with Gasteiger partial charge in [0, 0.05) is 25.2 Å². The minimum absolute atomic E-state index is 0. The number of hydrogen-bond acceptors (Lipinski definition) is 3. The third-order valence-corrected chi connectivity index (χ3v) is 4.66. The van der Waals surface area contributed by atoms with Crippen molar-refractivity contribution in [3.8, 4) is 0 Å². The van der Waals surface area contributed by atoms with Crippen molar-refractivity contribution in [2.75, 3.05) is 19.8 Å². The van der Waals surface area contributed by atoms with Crippen LogP contribution in [0.3, 0.4) is 0 Å². The molecule has 0 radical (unpaired) electrons. The summed E-state index contributed by atoms with van der Waals surface area (Å²) in [5, 5.41) is 3.07. The second kappa shape index (κ2) is 6.34. The molecule has 1 aromatic rings. The smallest absolute Gasteiger partial charge is 0.240 e. The van der Waals surface area contributed by atoms with Crippen LogP contribution in [0.2, 0.25) is 0 Å². The summed E-state index contributed by atoms with van der Waals surface area (Å²) < 4.78 is 5.50. The summed E-state index contributed by atoms with van der Waals surface area (Å²) in [6, 6.07) is 10.4. The van der Waals surface area contributed by atoms with Gasteiger partial charge >= 0.3 is 0 Å². The standard InChI is InChI=1S/C16H22N2O2.ClH/c17-16(6-7-16)14(19)18-12-15(8-10-20-11-9-15)13-4-2-1-3-5-13;/h1-5H,6-12,17H2,(H,18,19);1H. The van der Waals surface area contributed by atoms with E-state index in [1.807, 2.05) is 6.07 Å². The number of hydrogen-bond donors (Lipinski definition) is 2. The maximum absolute atomic E-state index is 12.1. The Hall–Kier alpha value is -1.10. The number of amides is 1. The number of carbonyl (C=O) groups excluding carboxylic acids is 1. The highest BCUT2D eigenvalue weighted by Gasteiger charge is 2.46. The summed E-state index contributed by atoms with van der Waals surface area (Å²) in [6.07, 6.45) is 3.49. The number of halogens is 1. The van der Waals surface area contributed by atoms with E-state index in [2.05, 4.69) is 29.6 Å². The quantitative estimate of drug-likeness (QED) is 0.891. The minimum Gasteiger partial charge on any atom is -0.381 e. The molecule has 5 heteroatoms. The lowest BCUT2D eigenvalue weighted by molar-refractivity contribution is -0.123. The highest BCUT2D eigenvalue weighted by Crippen LogP contribution is 2.36. The van der Waals surface area contributed by atoms with Gasteiger partial charge in [0.05, 0.1) is 5.54 Å². The summed E-state index contributed by atoms with van der Waals surface area (Å²) in [5.41, 5.74) is 6.63. The van der Waals surface area contributed by atoms with Crippen molar-refractivity contribution >= 4 is 18.3 Å². The van der Waals surface area contributed by atoms with Gasteiger partial charge in [-0.2, -0.15) is 0 Å². The highest BCUT2D eigenvalue weighted by molar-refractivity contribution is 5.89. The molecule has 0 aromatic heterocycles. The molecule has 3 rings (SSSR count). The summed E-state index contributed by atoms with van der Waals surface area (Å²) >= 11 is 0. The van der Waals surface area contributed by atoms with Crippen LogP contribution in [0, 0.1) is 0 Å².